The van der Waals surface area contributed by atoms with Crippen molar-refractivity contribution in [1.82, 2.24) is 4.98 Å². The summed E-state index contributed by atoms with van der Waals surface area (Å²) in [4.78, 5) is 26.6. The molecule has 0 aliphatic rings. The molecule has 0 fully saturated rings. The normalized spacial score (nSPS) is 11.9. The van der Waals surface area contributed by atoms with Crippen LogP contribution < -0.4 is 0 Å². The summed E-state index contributed by atoms with van der Waals surface area (Å²) in [5, 5.41) is 9.04. The SMILES string of the molecule is CCC(C)OC(=O)Cc1ncc(C)cc1C(=O)O. The number of ether oxygens (including phenoxy) is 1. The van der Waals surface area contributed by atoms with Gasteiger partial charge in [0, 0.05) is 6.20 Å². The molecule has 5 nitrogen and oxygen atoms in total. The number of hydrogen-bond acceptors (Lipinski definition) is 4. The molecule has 0 saturated carbocycles. The summed E-state index contributed by atoms with van der Waals surface area (Å²) in [6.07, 6.45) is 1.97. The third kappa shape index (κ3) is 3.84. The lowest BCUT2D eigenvalue weighted by molar-refractivity contribution is -0.147. The molecule has 1 unspecified atom stereocenters. The standard InChI is InChI=1S/C13H17NO4/c1-4-9(3)18-12(15)6-11-10(13(16)17)5-8(2)7-14-11/h5,7,9H,4,6H2,1-3H3,(H,16,17). The van der Waals surface area contributed by atoms with Gasteiger partial charge in [0.25, 0.3) is 0 Å². The van der Waals surface area contributed by atoms with Gasteiger partial charge in [-0.25, -0.2) is 4.79 Å². The Kier molecular flexibility index (Phi) is 4.83. The summed E-state index contributed by atoms with van der Waals surface area (Å²) in [6, 6.07) is 1.50. The number of rotatable bonds is 5. The van der Waals surface area contributed by atoms with Crippen molar-refractivity contribution in [3.05, 3.63) is 29.1 Å². The maximum Gasteiger partial charge on any atom is 0.337 e. The molecule has 1 rings (SSSR count). The Morgan fingerprint density at radius 3 is 2.72 bits per heavy atom. The van der Waals surface area contributed by atoms with Crippen molar-refractivity contribution in [2.45, 2.75) is 39.7 Å². The van der Waals surface area contributed by atoms with Crippen molar-refractivity contribution in [3.63, 3.8) is 0 Å². The molecule has 98 valence electrons. The average molecular weight is 251 g/mol. The van der Waals surface area contributed by atoms with E-state index in [1.54, 1.807) is 13.8 Å². The first kappa shape index (κ1) is 14.2. The van der Waals surface area contributed by atoms with E-state index >= 15 is 0 Å². The molecule has 1 N–H and O–H groups in total. The van der Waals surface area contributed by atoms with Crippen molar-refractivity contribution in [3.8, 4) is 0 Å². The van der Waals surface area contributed by atoms with E-state index in [0.29, 0.717) is 0 Å². The van der Waals surface area contributed by atoms with Crippen LogP contribution in [0.1, 0.15) is 41.9 Å². The van der Waals surface area contributed by atoms with E-state index in [1.165, 1.54) is 12.3 Å². The zero-order valence-corrected chi connectivity index (χ0v) is 10.8. The number of nitrogens with zero attached hydrogens (tertiary/aromatic N) is 1. The van der Waals surface area contributed by atoms with Crippen molar-refractivity contribution in [2.75, 3.05) is 0 Å². The smallest absolute Gasteiger partial charge is 0.337 e. The average Bonchev–Trinajstić information content (AvgIpc) is 2.30. The Balaban J connectivity index is 2.84. The molecule has 1 heterocycles. The maximum atomic E-state index is 11.6. The number of aromatic nitrogens is 1. The Bertz CT molecular complexity index is 456. The summed E-state index contributed by atoms with van der Waals surface area (Å²) in [5.74, 6) is -1.54. The zero-order chi connectivity index (χ0) is 13.7. The van der Waals surface area contributed by atoms with E-state index in [9.17, 15) is 9.59 Å². The topological polar surface area (TPSA) is 76.5 Å². The highest BCUT2D eigenvalue weighted by molar-refractivity contribution is 5.90. The second-order valence-corrected chi connectivity index (χ2v) is 4.20. The number of aryl methyl sites for hydroxylation is 1. The minimum Gasteiger partial charge on any atom is -0.478 e. The third-order valence-corrected chi connectivity index (χ3v) is 2.56. The summed E-state index contributed by atoms with van der Waals surface area (Å²) in [5.41, 5.74) is 1.03. The van der Waals surface area contributed by atoms with Gasteiger partial charge >= 0.3 is 11.9 Å². The fourth-order valence-electron chi connectivity index (χ4n) is 1.41. The number of carboxylic acid groups (broad SMARTS) is 1. The van der Waals surface area contributed by atoms with Crippen LogP contribution in [0.25, 0.3) is 0 Å². The van der Waals surface area contributed by atoms with E-state index in [-0.39, 0.29) is 23.8 Å². The van der Waals surface area contributed by atoms with E-state index in [0.717, 1.165) is 12.0 Å². The predicted octanol–water partition coefficient (Wildman–Crippen LogP) is 1.97. The minimum absolute atomic E-state index is 0.0519. The number of carbonyl (C=O) groups is 2. The molecule has 1 aromatic rings. The molecule has 0 bridgehead atoms. The van der Waals surface area contributed by atoms with Gasteiger partial charge in [0.2, 0.25) is 0 Å². The van der Waals surface area contributed by atoms with Gasteiger partial charge in [0.15, 0.2) is 0 Å². The van der Waals surface area contributed by atoms with E-state index in [4.69, 9.17) is 9.84 Å². The van der Waals surface area contributed by atoms with Gasteiger partial charge in [0.05, 0.1) is 23.8 Å². The Morgan fingerprint density at radius 2 is 2.17 bits per heavy atom. The van der Waals surface area contributed by atoms with Crippen molar-refractivity contribution in [2.24, 2.45) is 0 Å². The minimum atomic E-state index is -1.09. The molecule has 0 spiro atoms. The van der Waals surface area contributed by atoms with Gasteiger partial charge in [0.1, 0.15) is 0 Å². The lowest BCUT2D eigenvalue weighted by atomic mass is 10.1. The largest absolute Gasteiger partial charge is 0.478 e. The molecule has 0 radical (unpaired) electrons. The quantitative estimate of drug-likeness (QED) is 0.809. The maximum absolute atomic E-state index is 11.6. The molecule has 5 heteroatoms. The van der Waals surface area contributed by atoms with Gasteiger partial charge in [-0.05, 0) is 31.9 Å². The summed E-state index contributed by atoms with van der Waals surface area (Å²) >= 11 is 0. The van der Waals surface area contributed by atoms with E-state index in [1.807, 2.05) is 6.92 Å². The second-order valence-electron chi connectivity index (χ2n) is 4.20. The molecule has 1 aromatic heterocycles. The molecule has 0 saturated heterocycles. The lowest BCUT2D eigenvalue weighted by Gasteiger charge is -2.11. The Labute approximate surface area is 106 Å². The van der Waals surface area contributed by atoms with Crippen molar-refractivity contribution in [1.29, 1.82) is 0 Å². The first-order chi connectivity index (χ1) is 8.43. The fraction of sp³-hybridized carbons (Fsp3) is 0.462. The summed E-state index contributed by atoms with van der Waals surface area (Å²) < 4.78 is 5.10. The predicted molar refractivity (Wildman–Crippen MR) is 65.5 cm³/mol. The van der Waals surface area contributed by atoms with Gasteiger partial charge in [-0.1, -0.05) is 6.92 Å². The van der Waals surface area contributed by atoms with Crippen LogP contribution in [0.4, 0.5) is 0 Å². The van der Waals surface area contributed by atoms with Gasteiger partial charge < -0.3 is 9.84 Å². The number of carboxylic acids is 1. The monoisotopic (exact) mass is 251 g/mol. The van der Waals surface area contributed by atoms with E-state index < -0.39 is 11.9 Å². The lowest BCUT2D eigenvalue weighted by Crippen LogP contribution is -2.18. The van der Waals surface area contributed by atoms with Crippen LogP contribution in [0.3, 0.4) is 0 Å². The molecule has 0 amide bonds. The molecule has 0 aliphatic heterocycles. The highest BCUT2D eigenvalue weighted by atomic mass is 16.5. The van der Waals surface area contributed by atoms with Crippen LogP contribution in [-0.4, -0.2) is 28.1 Å². The van der Waals surface area contributed by atoms with Crippen LogP contribution in [0.15, 0.2) is 12.3 Å². The third-order valence-electron chi connectivity index (χ3n) is 2.56. The van der Waals surface area contributed by atoms with Crippen molar-refractivity contribution < 1.29 is 19.4 Å². The fourth-order valence-corrected chi connectivity index (χ4v) is 1.41. The molecular weight excluding hydrogens is 234 g/mol. The molecular formula is C13H17NO4. The van der Waals surface area contributed by atoms with Crippen molar-refractivity contribution >= 4 is 11.9 Å². The second kappa shape index (κ2) is 6.14. The highest BCUT2D eigenvalue weighted by Crippen LogP contribution is 2.11. The van der Waals surface area contributed by atoms with Crippen LogP contribution >= 0.6 is 0 Å². The number of pyridine rings is 1. The number of hydrogen-bond donors (Lipinski definition) is 1. The zero-order valence-electron chi connectivity index (χ0n) is 10.8. The summed E-state index contributed by atoms with van der Waals surface area (Å²) in [7, 11) is 0. The van der Waals surface area contributed by atoms with Crippen LogP contribution in [-0.2, 0) is 16.0 Å². The Hall–Kier alpha value is -1.91. The molecule has 0 aromatic carbocycles. The van der Waals surface area contributed by atoms with Gasteiger partial charge in [-0.15, -0.1) is 0 Å². The molecule has 0 aliphatic carbocycles. The first-order valence-corrected chi connectivity index (χ1v) is 5.82. The van der Waals surface area contributed by atoms with E-state index in [2.05, 4.69) is 4.98 Å². The molecule has 1 atom stereocenters. The number of esters is 1. The molecule has 18 heavy (non-hydrogen) atoms. The van der Waals surface area contributed by atoms with Crippen LogP contribution in [0.2, 0.25) is 0 Å². The Morgan fingerprint density at radius 1 is 1.50 bits per heavy atom. The highest BCUT2D eigenvalue weighted by Gasteiger charge is 2.16. The van der Waals surface area contributed by atoms with Crippen LogP contribution in [0, 0.1) is 6.92 Å². The van der Waals surface area contributed by atoms with Gasteiger partial charge in [-0.2, -0.15) is 0 Å². The number of aromatic carboxylic acids is 1. The summed E-state index contributed by atoms with van der Waals surface area (Å²) in [6.45, 7) is 5.45. The van der Waals surface area contributed by atoms with Gasteiger partial charge in [-0.3, -0.25) is 9.78 Å². The van der Waals surface area contributed by atoms with Crippen LogP contribution in [0.5, 0.6) is 0 Å². The first-order valence-electron chi connectivity index (χ1n) is 5.82. The number of carbonyl (C=O) groups excluding carboxylic acids is 1.